The fourth-order valence-electron chi connectivity index (χ4n) is 2.92. The summed E-state index contributed by atoms with van der Waals surface area (Å²) in [5, 5.41) is 5.81. The average molecular weight is 354 g/mol. The number of hydrazone groups is 1. The molecule has 0 fully saturated rings. The molecule has 26 heavy (non-hydrogen) atoms. The van der Waals surface area contributed by atoms with Gasteiger partial charge < -0.3 is 10.6 Å². The van der Waals surface area contributed by atoms with Gasteiger partial charge >= 0.3 is 0 Å². The van der Waals surface area contributed by atoms with Crippen LogP contribution in [0.15, 0.2) is 59.7 Å². The number of nitrogens with two attached hydrogens (primary N) is 1. The molecule has 1 aliphatic heterocycles. The minimum Gasteiger partial charge on any atom is -0.368 e. The fourth-order valence-corrected chi connectivity index (χ4v) is 2.92. The first-order valence-corrected chi connectivity index (χ1v) is 8.29. The molecule has 0 aromatic heterocycles. The van der Waals surface area contributed by atoms with E-state index in [1.165, 1.54) is 22.0 Å². The molecule has 0 radical (unpaired) electrons. The molecule has 0 saturated carbocycles. The normalized spacial score (nSPS) is 16.3. The van der Waals surface area contributed by atoms with Crippen LogP contribution >= 0.6 is 0 Å². The number of benzene rings is 2. The van der Waals surface area contributed by atoms with Gasteiger partial charge in [-0.05, 0) is 37.3 Å². The van der Waals surface area contributed by atoms with E-state index in [0.29, 0.717) is 17.9 Å². The molecule has 0 bridgehead atoms. The van der Waals surface area contributed by atoms with Crippen LogP contribution < -0.4 is 15.6 Å². The summed E-state index contributed by atoms with van der Waals surface area (Å²) in [6, 6.07) is 14.1. The van der Waals surface area contributed by atoms with Gasteiger partial charge in [0.2, 0.25) is 5.91 Å². The SMILES string of the molecule is CCN(C(=O)C1=NN(c2ccccc2)C(C(N)=O)C1)c1cccc(F)c1. The molecule has 134 valence electrons. The first-order valence-electron chi connectivity index (χ1n) is 8.29. The Bertz CT molecular complexity index is 854. The lowest BCUT2D eigenvalue weighted by atomic mass is 10.1. The van der Waals surface area contributed by atoms with Gasteiger partial charge in [-0.3, -0.25) is 14.6 Å². The monoisotopic (exact) mass is 354 g/mol. The van der Waals surface area contributed by atoms with Gasteiger partial charge in [0.15, 0.2) is 0 Å². The van der Waals surface area contributed by atoms with Crippen molar-refractivity contribution in [2.45, 2.75) is 19.4 Å². The lowest BCUT2D eigenvalue weighted by molar-refractivity contribution is -0.119. The molecule has 2 aromatic rings. The number of amides is 2. The van der Waals surface area contributed by atoms with Crippen LogP contribution in [0.2, 0.25) is 0 Å². The maximum Gasteiger partial charge on any atom is 0.274 e. The Morgan fingerprint density at radius 1 is 1.23 bits per heavy atom. The van der Waals surface area contributed by atoms with Gasteiger partial charge in [0.1, 0.15) is 17.6 Å². The average Bonchev–Trinajstić information content (AvgIpc) is 3.09. The first-order chi connectivity index (χ1) is 12.5. The zero-order valence-electron chi connectivity index (χ0n) is 14.3. The highest BCUT2D eigenvalue weighted by molar-refractivity contribution is 6.45. The van der Waals surface area contributed by atoms with E-state index in [4.69, 9.17) is 5.73 Å². The van der Waals surface area contributed by atoms with Crippen LogP contribution in [-0.2, 0) is 9.59 Å². The summed E-state index contributed by atoms with van der Waals surface area (Å²) in [4.78, 5) is 26.2. The van der Waals surface area contributed by atoms with Crippen molar-refractivity contribution in [1.29, 1.82) is 0 Å². The standard InChI is InChI=1S/C19H19FN4O2/c1-2-23(15-10-6-7-13(20)11-15)19(26)16-12-17(18(21)25)24(22-16)14-8-4-3-5-9-14/h3-11,17H,2,12H2,1H3,(H2,21,25). The van der Waals surface area contributed by atoms with Crippen LogP contribution in [0.1, 0.15) is 13.3 Å². The third-order valence-corrected chi connectivity index (χ3v) is 4.19. The molecule has 2 aromatic carbocycles. The van der Waals surface area contributed by atoms with Crippen LogP contribution in [-0.4, -0.2) is 30.1 Å². The van der Waals surface area contributed by atoms with Gasteiger partial charge in [-0.1, -0.05) is 24.3 Å². The maximum atomic E-state index is 13.5. The molecule has 1 atom stereocenters. The second-order valence-corrected chi connectivity index (χ2v) is 5.88. The van der Waals surface area contributed by atoms with Crippen LogP contribution in [0.4, 0.5) is 15.8 Å². The smallest absolute Gasteiger partial charge is 0.274 e. The van der Waals surface area contributed by atoms with Gasteiger partial charge in [-0.15, -0.1) is 0 Å². The van der Waals surface area contributed by atoms with E-state index in [9.17, 15) is 14.0 Å². The molecule has 6 nitrogen and oxygen atoms in total. The Morgan fingerprint density at radius 3 is 2.58 bits per heavy atom. The molecule has 2 amide bonds. The zero-order valence-corrected chi connectivity index (χ0v) is 14.3. The van der Waals surface area contributed by atoms with Crippen molar-refractivity contribution in [2.75, 3.05) is 16.5 Å². The third kappa shape index (κ3) is 3.42. The third-order valence-electron chi connectivity index (χ3n) is 4.19. The van der Waals surface area contributed by atoms with Crippen LogP contribution in [0.3, 0.4) is 0 Å². The Hall–Kier alpha value is -3.22. The number of hydrogen-bond donors (Lipinski definition) is 1. The Kier molecular flexibility index (Phi) is 4.97. The number of primary amides is 1. The highest BCUT2D eigenvalue weighted by Gasteiger charge is 2.36. The van der Waals surface area contributed by atoms with Gasteiger partial charge in [0, 0.05) is 18.7 Å². The summed E-state index contributed by atoms with van der Waals surface area (Å²) in [6.45, 7) is 2.13. The fraction of sp³-hybridized carbons (Fsp3) is 0.211. The van der Waals surface area contributed by atoms with E-state index in [0.717, 1.165) is 0 Å². The number of anilines is 2. The molecule has 0 spiro atoms. The molecule has 1 unspecified atom stereocenters. The van der Waals surface area contributed by atoms with Crippen molar-refractivity contribution >= 4 is 28.9 Å². The minimum absolute atomic E-state index is 0.106. The summed E-state index contributed by atoms with van der Waals surface area (Å²) in [5.74, 6) is -1.36. The van der Waals surface area contributed by atoms with Crippen molar-refractivity contribution in [2.24, 2.45) is 10.8 Å². The van der Waals surface area contributed by atoms with Gasteiger partial charge in [-0.25, -0.2) is 4.39 Å². The molecule has 3 rings (SSSR count). The number of nitrogens with zero attached hydrogens (tertiary/aromatic N) is 3. The Balaban J connectivity index is 1.92. The number of para-hydroxylation sites is 1. The lowest BCUT2D eigenvalue weighted by Crippen LogP contribution is -2.40. The van der Waals surface area contributed by atoms with Crippen LogP contribution in [0.5, 0.6) is 0 Å². The zero-order chi connectivity index (χ0) is 18.7. The van der Waals surface area contributed by atoms with E-state index in [-0.39, 0.29) is 18.0 Å². The number of carbonyl (C=O) groups excluding carboxylic acids is 2. The van der Waals surface area contributed by atoms with Gasteiger partial charge in [-0.2, -0.15) is 5.10 Å². The quantitative estimate of drug-likeness (QED) is 0.895. The number of rotatable bonds is 5. The summed E-state index contributed by atoms with van der Waals surface area (Å²) in [5.41, 5.74) is 6.82. The van der Waals surface area contributed by atoms with Crippen molar-refractivity contribution < 1.29 is 14.0 Å². The van der Waals surface area contributed by atoms with E-state index in [1.54, 1.807) is 31.2 Å². The van der Waals surface area contributed by atoms with E-state index < -0.39 is 17.8 Å². The molecule has 1 heterocycles. The summed E-state index contributed by atoms with van der Waals surface area (Å²) in [7, 11) is 0. The van der Waals surface area contributed by atoms with Crippen molar-refractivity contribution in [3.8, 4) is 0 Å². The van der Waals surface area contributed by atoms with Crippen molar-refractivity contribution in [3.05, 3.63) is 60.4 Å². The van der Waals surface area contributed by atoms with Crippen LogP contribution in [0.25, 0.3) is 0 Å². The highest BCUT2D eigenvalue weighted by atomic mass is 19.1. The molecule has 0 aliphatic carbocycles. The predicted octanol–water partition coefficient (Wildman–Crippen LogP) is 2.30. The highest BCUT2D eigenvalue weighted by Crippen LogP contribution is 2.26. The molecule has 2 N–H and O–H groups in total. The van der Waals surface area contributed by atoms with E-state index in [2.05, 4.69) is 5.10 Å². The van der Waals surface area contributed by atoms with Gasteiger partial charge in [0.05, 0.1) is 5.69 Å². The van der Waals surface area contributed by atoms with Gasteiger partial charge in [0.25, 0.3) is 5.91 Å². The molecular weight excluding hydrogens is 335 g/mol. The Morgan fingerprint density at radius 2 is 1.96 bits per heavy atom. The molecule has 1 aliphatic rings. The van der Waals surface area contributed by atoms with E-state index in [1.807, 2.05) is 18.2 Å². The largest absolute Gasteiger partial charge is 0.368 e. The minimum atomic E-state index is -0.734. The Labute approximate surface area is 150 Å². The van der Waals surface area contributed by atoms with Crippen LogP contribution in [0, 0.1) is 5.82 Å². The number of hydrogen-bond acceptors (Lipinski definition) is 4. The van der Waals surface area contributed by atoms with Crippen molar-refractivity contribution in [1.82, 2.24) is 0 Å². The molecule has 7 heteroatoms. The summed E-state index contributed by atoms with van der Waals surface area (Å²) < 4.78 is 13.5. The lowest BCUT2D eigenvalue weighted by Gasteiger charge is -2.20. The topological polar surface area (TPSA) is 79.0 Å². The molecule has 0 saturated heterocycles. The summed E-state index contributed by atoms with van der Waals surface area (Å²) in [6.07, 6.45) is 0.106. The van der Waals surface area contributed by atoms with Crippen molar-refractivity contribution in [3.63, 3.8) is 0 Å². The number of halogens is 1. The molecular formula is C19H19FN4O2. The van der Waals surface area contributed by atoms with E-state index >= 15 is 0 Å². The second-order valence-electron chi connectivity index (χ2n) is 5.88. The number of carbonyl (C=O) groups is 2. The second kappa shape index (κ2) is 7.35. The summed E-state index contributed by atoms with van der Waals surface area (Å²) >= 11 is 0. The maximum absolute atomic E-state index is 13.5. The first kappa shape index (κ1) is 17.6. The predicted molar refractivity (Wildman–Crippen MR) is 98.4 cm³/mol.